The van der Waals surface area contributed by atoms with E-state index < -0.39 is 9.28 Å². The van der Waals surface area contributed by atoms with Crippen LogP contribution in [0.5, 0.6) is 0 Å². The molecular formula is C11H19NO2Si. The Balaban J connectivity index is 2.83. The lowest BCUT2D eigenvalue weighted by Crippen LogP contribution is -2.24. The highest BCUT2D eigenvalue weighted by atomic mass is 28.3. The van der Waals surface area contributed by atoms with Crippen molar-refractivity contribution in [2.24, 2.45) is 0 Å². The van der Waals surface area contributed by atoms with Gasteiger partial charge in [-0.3, -0.25) is 0 Å². The highest BCUT2D eigenvalue weighted by Crippen LogP contribution is 2.19. The topological polar surface area (TPSA) is 21.7 Å². The summed E-state index contributed by atoms with van der Waals surface area (Å²) in [6, 6.07) is 9.26. The predicted octanol–water partition coefficient (Wildman–Crippen LogP) is 1.35. The summed E-state index contributed by atoms with van der Waals surface area (Å²) in [6.07, 6.45) is 0. The Morgan fingerprint density at radius 1 is 1.13 bits per heavy atom. The zero-order valence-corrected chi connectivity index (χ0v) is 11.0. The van der Waals surface area contributed by atoms with Gasteiger partial charge in [0.1, 0.15) is 0 Å². The fraction of sp³-hybridized carbons (Fsp3) is 0.455. The molecule has 0 N–H and O–H groups in total. The molecule has 4 heteroatoms. The van der Waals surface area contributed by atoms with Crippen LogP contribution in [0, 0.1) is 0 Å². The highest BCUT2D eigenvalue weighted by Gasteiger charge is 2.13. The third-order valence-electron chi connectivity index (χ3n) is 2.39. The predicted molar refractivity (Wildman–Crippen MR) is 65.6 cm³/mol. The Kier molecular flexibility index (Phi) is 4.81. The number of para-hydroxylation sites is 1. The standard InChI is InChI=1S/C11H19NO2Si/c1-12(2)11-8-6-5-7-10(11)9-15(13-3)14-4/h5-8,15H,9H2,1-4H3. The van der Waals surface area contributed by atoms with Crippen LogP contribution < -0.4 is 4.90 Å². The van der Waals surface area contributed by atoms with Crippen molar-refractivity contribution in [3.05, 3.63) is 29.8 Å². The molecule has 0 atom stereocenters. The van der Waals surface area contributed by atoms with E-state index in [2.05, 4.69) is 43.3 Å². The van der Waals surface area contributed by atoms with Crippen LogP contribution in [0.2, 0.25) is 0 Å². The van der Waals surface area contributed by atoms with Crippen LogP contribution in [0.3, 0.4) is 0 Å². The van der Waals surface area contributed by atoms with Gasteiger partial charge in [-0.2, -0.15) is 0 Å². The van der Waals surface area contributed by atoms with Crippen LogP contribution >= 0.6 is 0 Å². The Morgan fingerprint density at radius 2 is 1.73 bits per heavy atom. The molecule has 15 heavy (non-hydrogen) atoms. The SMILES string of the molecule is CO[SiH](Cc1ccccc1N(C)C)OC. The van der Waals surface area contributed by atoms with Crippen molar-refractivity contribution < 1.29 is 8.85 Å². The normalized spacial score (nSPS) is 10.7. The first-order chi connectivity index (χ1) is 7.19. The maximum absolute atomic E-state index is 5.34. The molecule has 1 aromatic carbocycles. The summed E-state index contributed by atoms with van der Waals surface area (Å²) in [6.45, 7) is 0. The van der Waals surface area contributed by atoms with Crippen molar-refractivity contribution in [1.29, 1.82) is 0 Å². The number of benzene rings is 1. The lowest BCUT2D eigenvalue weighted by atomic mass is 10.2. The molecule has 1 rings (SSSR count). The van der Waals surface area contributed by atoms with E-state index in [-0.39, 0.29) is 0 Å². The molecule has 0 aliphatic rings. The van der Waals surface area contributed by atoms with E-state index in [9.17, 15) is 0 Å². The van der Waals surface area contributed by atoms with Crippen molar-refractivity contribution in [1.82, 2.24) is 0 Å². The van der Waals surface area contributed by atoms with E-state index in [1.54, 1.807) is 14.2 Å². The zero-order valence-electron chi connectivity index (χ0n) is 9.86. The van der Waals surface area contributed by atoms with Crippen LogP contribution in [0.15, 0.2) is 24.3 Å². The van der Waals surface area contributed by atoms with Gasteiger partial charge in [0.15, 0.2) is 0 Å². The van der Waals surface area contributed by atoms with Gasteiger partial charge in [0, 0.05) is 40.0 Å². The van der Waals surface area contributed by atoms with Gasteiger partial charge in [0.05, 0.1) is 0 Å². The highest BCUT2D eigenvalue weighted by molar-refractivity contribution is 6.43. The average Bonchev–Trinajstić information content (AvgIpc) is 2.26. The van der Waals surface area contributed by atoms with Crippen molar-refractivity contribution in [3.63, 3.8) is 0 Å². The van der Waals surface area contributed by atoms with Gasteiger partial charge < -0.3 is 13.8 Å². The molecular weight excluding hydrogens is 206 g/mol. The molecule has 0 heterocycles. The third kappa shape index (κ3) is 3.34. The summed E-state index contributed by atoms with van der Waals surface area (Å²) in [5, 5.41) is 0. The van der Waals surface area contributed by atoms with E-state index in [0.717, 1.165) is 6.04 Å². The molecule has 0 amide bonds. The van der Waals surface area contributed by atoms with Crippen molar-refractivity contribution >= 4 is 15.0 Å². The maximum atomic E-state index is 5.34. The van der Waals surface area contributed by atoms with E-state index >= 15 is 0 Å². The Hall–Kier alpha value is -0.843. The van der Waals surface area contributed by atoms with Crippen molar-refractivity contribution in [3.8, 4) is 0 Å². The van der Waals surface area contributed by atoms with Crippen LogP contribution in [-0.4, -0.2) is 37.6 Å². The molecule has 0 saturated carbocycles. The molecule has 0 aliphatic carbocycles. The summed E-state index contributed by atoms with van der Waals surface area (Å²) in [5.41, 5.74) is 2.53. The fourth-order valence-corrected chi connectivity index (χ4v) is 2.79. The van der Waals surface area contributed by atoms with E-state index in [0.29, 0.717) is 0 Å². The molecule has 3 nitrogen and oxygen atoms in total. The number of hydrogen-bond acceptors (Lipinski definition) is 3. The minimum Gasteiger partial charge on any atom is -0.400 e. The van der Waals surface area contributed by atoms with Crippen LogP contribution in [0.4, 0.5) is 5.69 Å². The molecule has 0 aromatic heterocycles. The second-order valence-corrected chi connectivity index (χ2v) is 5.84. The third-order valence-corrected chi connectivity index (χ3v) is 4.21. The molecule has 0 saturated heterocycles. The fourth-order valence-electron chi connectivity index (χ4n) is 1.56. The second kappa shape index (κ2) is 5.90. The first kappa shape index (κ1) is 12.2. The van der Waals surface area contributed by atoms with Gasteiger partial charge in [-0.25, -0.2) is 0 Å². The monoisotopic (exact) mass is 225 g/mol. The average molecular weight is 225 g/mol. The van der Waals surface area contributed by atoms with E-state index in [1.165, 1.54) is 11.3 Å². The molecule has 84 valence electrons. The molecule has 0 fully saturated rings. The quantitative estimate of drug-likeness (QED) is 0.706. The van der Waals surface area contributed by atoms with E-state index in [4.69, 9.17) is 8.85 Å². The Morgan fingerprint density at radius 3 is 2.27 bits per heavy atom. The molecule has 0 spiro atoms. The summed E-state index contributed by atoms with van der Waals surface area (Å²) in [4.78, 5) is 2.12. The summed E-state index contributed by atoms with van der Waals surface area (Å²) >= 11 is 0. The lowest BCUT2D eigenvalue weighted by Gasteiger charge is -2.19. The van der Waals surface area contributed by atoms with Crippen LogP contribution in [0.1, 0.15) is 5.56 Å². The minimum atomic E-state index is -1.51. The largest absolute Gasteiger partial charge is 0.400 e. The van der Waals surface area contributed by atoms with Gasteiger partial charge in [0.25, 0.3) is 0 Å². The first-order valence-corrected chi connectivity index (χ1v) is 6.75. The first-order valence-electron chi connectivity index (χ1n) is 5.00. The molecule has 0 bridgehead atoms. The maximum Gasteiger partial charge on any atom is 0.325 e. The summed E-state index contributed by atoms with van der Waals surface area (Å²) < 4.78 is 10.7. The van der Waals surface area contributed by atoms with Gasteiger partial charge in [-0.15, -0.1) is 0 Å². The molecule has 0 aliphatic heterocycles. The summed E-state index contributed by atoms with van der Waals surface area (Å²) in [5.74, 6) is 0. The summed E-state index contributed by atoms with van der Waals surface area (Å²) in [7, 11) is 6.03. The van der Waals surface area contributed by atoms with Gasteiger partial charge in [-0.05, 0) is 11.6 Å². The van der Waals surface area contributed by atoms with Crippen molar-refractivity contribution in [2.75, 3.05) is 33.2 Å². The minimum absolute atomic E-state index is 0.904. The number of anilines is 1. The lowest BCUT2D eigenvalue weighted by molar-refractivity contribution is 0.277. The smallest absolute Gasteiger partial charge is 0.325 e. The molecule has 0 unspecified atom stereocenters. The van der Waals surface area contributed by atoms with Gasteiger partial charge in [-0.1, -0.05) is 18.2 Å². The van der Waals surface area contributed by atoms with Crippen molar-refractivity contribution in [2.45, 2.75) is 6.04 Å². The Labute approximate surface area is 93.5 Å². The van der Waals surface area contributed by atoms with Gasteiger partial charge >= 0.3 is 9.28 Å². The van der Waals surface area contributed by atoms with E-state index in [1.807, 2.05) is 0 Å². The van der Waals surface area contributed by atoms with Gasteiger partial charge in [0.2, 0.25) is 0 Å². The van der Waals surface area contributed by atoms with Crippen LogP contribution in [-0.2, 0) is 14.9 Å². The number of nitrogens with zero attached hydrogens (tertiary/aromatic N) is 1. The number of hydrogen-bond donors (Lipinski definition) is 0. The molecule has 1 aromatic rings. The van der Waals surface area contributed by atoms with Crippen LogP contribution in [0.25, 0.3) is 0 Å². The molecule has 0 radical (unpaired) electrons. The number of rotatable bonds is 5. The zero-order chi connectivity index (χ0) is 11.3. The Bertz CT molecular complexity index is 300. The second-order valence-electron chi connectivity index (χ2n) is 3.63.